The first kappa shape index (κ1) is 15.1. The van der Waals surface area contributed by atoms with Crippen molar-refractivity contribution in [3.05, 3.63) is 28.2 Å². The molecular weight excluding hydrogens is 328 g/mol. The number of alkyl halides is 6. The SMILES string of the molecule is FC(F)(F)CCNc1ccc(Br)c(C(F)(F)F)c1. The van der Waals surface area contributed by atoms with Crippen molar-refractivity contribution in [1.29, 1.82) is 0 Å². The van der Waals surface area contributed by atoms with Crippen LogP contribution in [0.2, 0.25) is 0 Å². The Labute approximate surface area is 107 Å². The highest BCUT2D eigenvalue weighted by molar-refractivity contribution is 9.10. The van der Waals surface area contributed by atoms with Crippen molar-refractivity contribution in [2.75, 3.05) is 11.9 Å². The Bertz CT molecular complexity index is 412. The lowest BCUT2D eigenvalue weighted by Crippen LogP contribution is -2.15. The highest BCUT2D eigenvalue weighted by atomic mass is 79.9. The number of hydrogen-bond acceptors (Lipinski definition) is 1. The van der Waals surface area contributed by atoms with Crippen LogP contribution in [0.4, 0.5) is 32.0 Å². The summed E-state index contributed by atoms with van der Waals surface area (Å²) in [6, 6.07) is 3.18. The van der Waals surface area contributed by atoms with E-state index in [4.69, 9.17) is 0 Å². The van der Waals surface area contributed by atoms with Gasteiger partial charge in [0.15, 0.2) is 0 Å². The molecule has 0 radical (unpaired) electrons. The third kappa shape index (κ3) is 4.75. The van der Waals surface area contributed by atoms with E-state index in [0.717, 1.165) is 12.1 Å². The quantitative estimate of drug-likeness (QED) is 0.780. The summed E-state index contributed by atoms with van der Waals surface area (Å²) >= 11 is 2.74. The molecule has 1 nitrogen and oxygen atoms in total. The largest absolute Gasteiger partial charge is 0.417 e. The Morgan fingerprint density at radius 1 is 1.06 bits per heavy atom. The summed E-state index contributed by atoms with van der Waals surface area (Å²) in [7, 11) is 0. The average Bonchev–Trinajstić information content (AvgIpc) is 2.17. The molecule has 102 valence electrons. The fourth-order valence-electron chi connectivity index (χ4n) is 1.20. The van der Waals surface area contributed by atoms with Crippen LogP contribution in [0.25, 0.3) is 0 Å². The molecule has 0 fully saturated rings. The molecule has 8 heteroatoms. The van der Waals surface area contributed by atoms with Gasteiger partial charge in [0.05, 0.1) is 12.0 Å². The van der Waals surface area contributed by atoms with E-state index in [1.807, 2.05) is 0 Å². The maximum atomic E-state index is 12.5. The Hall–Kier alpha value is -0.920. The van der Waals surface area contributed by atoms with E-state index in [0.29, 0.717) is 0 Å². The molecule has 0 aliphatic rings. The summed E-state index contributed by atoms with van der Waals surface area (Å²) in [5, 5.41) is 2.30. The molecule has 0 spiro atoms. The van der Waals surface area contributed by atoms with Crippen molar-refractivity contribution in [2.24, 2.45) is 0 Å². The molecule has 0 saturated carbocycles. The van der Waals surface area contributed by atoms with Crippen LogP contribution in [0, 0.1) is 0 Å². The van der Waals surface area contributed by atoms with E-state index in [9.17, 15) is 26.3 Å². The third-order valence-electron chi connectivity index (χ3n) is 2.01. The molecule has 0 amide bonds. The molecule has 0 aliphatic heterocycles. The lowest BCUT2D eigenvalue weighted by atomic mass is 10.2. The van der Waals surface area contributed by atoms with Crippen LogP contribution in [0.1, 0.15) is 12.0 Å². The summed E-state index contributed by atoms with van der Waals surface area (Å²) in [5.41, 5.74) is -0.936. The van der Waals surface area contributed by atoms with Gasteiger partial charge in [-0.05, 0) is 18.2 Å². The number of nitrogens with one attached hydrogen (secondary N) is 1. The second kappa shape index (κ2) is 5.38. The number of anilines is 1. The number of hydrogen-bond donors (Lipinski definition) is 1. The van der Waals surface area contributed by atoms with Crippen LogP contribution in [0.15, 0.2) is 22.7 Å². The number of rotatable bonds is 3. The van der Waals surface area contributed by atoms with Crippen LogP contribution >= 0.6 is 15.9 Å². The van der Waals surface area contributed by atoms with Gasteiger partial charge in [-0.15, -0.1) is 0 Å². The fourth-order valence-corrected chi connectivity index (χ4v) is 1.67. The molecule has 0 saturated heterocycles. The first-order valence-corrected chi connectivity index (χ1v) is 5.56. The first-order valence-electron chi connectivity index (χ1n) is 4.77. The minimum Gasteiger partial charge on any atom is -0.385 e. The van der Waals surface area contributed by atoms with Crippen molar-refractivity contribution in [3.63, 3.8) is 0 Å². The Morgan fingerprint density at radius 3 is 2.17 bits per heavy atom. The van der Waals surface area contributed by atoms with E-state index in [2.05, 4.69) is 21.2 Å². The summed E-state index contributed by atoms with van der Waals surface area (Å²) < 4.78 is 72.9. The summed E-state index contributed by atoms with van der Waals surface area (Å²) in [5.74, 6) is 0. The molecular formula is C10H8BrF6N. The number of benzene rings is 1. The highest BCUT2D eigenvalue weighted by Crippen LogP contribution is 2.36. The van der Waals surface area contributed by atoms with Crippen molar-refractivity contribution >= 4 is 21.6 Å². The van der Waals surface area contributed by atoms with Gasteiger partial charge < -0.3 is 5.32 Å². The molecule has 0 bridgehead atoms. The van der Waals surface area contributed by atoms with E-state index >= 15 is 0 Å². The van der Waals surface area contributed by atoms with Gasteiger partial charge in [0, 0.05) is 16.7 Å². The van der Waals surface area contributed by atoms with Gasteiger partial charge >= 0.3 is 12.4 Å². The Kier molecular flexibility index (Phi) is 4.52. The van der Waals surface area contributed by atoms with Crippen molar-refractivity contribution < 1.29 is 26.3 Å². The van der Waals surface area contributed by atoms with E-state index in [-0.39, 0.29) is 10.2 Å². The zero-order chi connectivity index (χ0) is 14.0. The molecule has 0 aromatic heterocycles. The zero-order valence-corrected chi connectivity index (χ0v) is 10.4. The summed E-state index contributed by atoms with van der Waals surface area (Å²) in [6.07, 6.45) is -10.00. The van der Waals surface area contributed by atoms with Crippen LogP contribution in [-0.4, -0.2) is 12.7 Å². The van der Waals surface area contributed by atoms with Gasteiger partial charge in [0.1, 0.15) is 0 Å². The topological polar surface area (TPSA) is 12.0 Å². The molecule has 0 atom stereocenters. The molecule has 1 aromatic carbocycles. The van der Waals surface area contributed by atoms with Gasteiger partial charge in [-0.3, -0.25) is 0 Å². The summed E-state index contributed by atoms with van der Waals surface area (Å²) in [4.78, 5) is 0. The fraction of sp³-hybridized carbons (Fsp3) is 0.400. The normalized spacial score (nSPS) is 12.6. The van der Waals surface area contributed by atoms with Crippen LogP contribution < -0.4 is 5.32 Å². The molecule has 18 heavy (non-hydrogen) atoms. The Balaban J connectivity index is 2.74. The van der Waals surface area contributed by atoms with Gasteiger partial charge in [0.2, 0.25) is 0 Å². The minimum absolute atomic E-state index is 0.00484. The highest BCUT2D eigenvalue weighted by Gasteiger charge is 2.33. The van der Waals surface area contributed by atoms with Gasteiger partial charge in [-0.25, -0.2) is 0 Å². The predicted molar refractivity (Wildman–Crippen MR) is 58.3 cm³/mol. The molecule has 1 N–H and O–H groups in total. The van der Waals surface area contributed by atoms with E-state index in [1.54, 1.807) is 0 Å². The van der Waals surface area contributed by atoms with E-state index < -0.39 is 30.9 Å². The maximum Gasteiger partial charge on any atom is 0.417 e. The average molecular weight is 336 g/mol. The molecule has 1 aromatic rings. The molecule has 0 heterocycles. The second-order valence-corrected chi connectivity index (χ2v) is 4.34. The first-order chi connectivity index (χ1) is 8.09. The smallest absolute Gasteiger partial charge is 0.385 e. The Morgan fingerprint density at radius 2 is 1.67 bits per heavy atom. The van der Waals surface area contributed by atoms with Crippen LogP contribution in [0.3, 0.4) is 0 Å². The number of halogens is 7. The lowest BCUT2D eigenvalue weighted by molar-refractivity contribution is -0.138. The lowest BCUT2D eigenvalue weighted by Gasteiger charge is -2.13. The molecule has 0 unspecified atom stereocenters. The van der Waals surface area contributed by atoms with Crippen LogP contribution in [0.5, 0.6) is 0 Å². The molecule has 0 aliphatic carbocycles. The van der Waals surface area contributed by atoms with Crippen molar-refractivity contribution in [3.8, 4) is 0 Å². The van der Waals surface area contributed by atoms with Gasteiger partial charge in [0.25, 0.3) is 0 Å². The second-order valence-electron chi connectivity index (χ2n) is 3.48. The zero-order valence-electron chi connectivity index (χ0n) is 8.79. The van der Waals surface area contributed by atoms with Gasteiger partial charge in [-0.2, -0.15) is 26.3 Å². The third-order valence-corrected chi connectivity index (χ3v) is 2.70. The van der Waals surface area contributed by atoms with Crippen molar-refractivity contribution in [1.82, 2.24) is 0 Å². The standard InChI is InChI=1S/C10H8BrF6N/c11-8-2-1-6(5-7(8)10(15,16)17)18-4-3-9(12,13)14/h1-2,5,18H,3-4H2. The molecule has 1 rings (SSSR count). The van der Waals surface area contributed by atoms with Crippen LogP contribution in [-0.2, 0) is 6.18 Å². The van der Waals surface area contributed by atoms with Gasteiger partial charge in [-0.1, -0.05) is 15.9 Å². The van der Waals surface area contributed by atoms with E-state index in [1.165, 1.54) is 6.07 Å². The monoisotopic (exact) mass is 335 g/mol. The van der Waals surface area contributed by atoms with Crippen molar-refractivity contribution in [2.45, 2.75) is 18.8 Å². The minimum atomic E-state index is -4.56. The maximum absolute atomic E-state index is 12.5. The summed E-state index contributed by atoms with van der Waals surface area (Å²) in [6.45, 7) is -0.470. The predicted octanol–water partition coefficient (Wildman–Crippen LogP) is 4.83.